The summed E-state index contributed by atoms with van der Waals surface area (Å²) in [6, 6.07) is 11.4. The van der Waals surface area contributed by atoms with Crippen LogP contribution in [0.1, 0.15) is 22.2 Å². The lowest BCUT2D eigenvalue weighted by molar-refractivity contribution is -1.01. The number of carbonyl (C=O) groups is 2. The van der Waals surface area contributed by atoms with Crippen molar-refractivity contribution in [1.29, 1.82) is 0 Å². The van der Waals surface area contributed by atoms with Gasteiger partial charge in [0.2, 0.25) is 0 Å². The van der Waals surface area contributed by atoms with Crippen molar-refractivity contribution in [2.75, 3.05) is 38.0 Å². The van der Waals surface area contributed by atoms with Crippen molar-refractivity contribution >= 4 is 28.7 Å². The van der Waals surface area contributed by atoms with Crippen molar-refractivity contribution in [2.45, 2.75) is 13.5 Å². The Hall–Kier alpha value is -2.02. The van der Waals surface area contributed by atoms with E-state index in [1.54, 1.807) is 23.1 Å². The molecule has 1 aliphatic rings. The van der Waals surface area contributed by atoms with E-state index in [1.807, 2.05) is 17.4 Å². The van der Waals surface area contributed by atoms with Crippen LogP contribution in [0.5, 0.6) is 0 Å². The van der Waals surface area contributed by atoms with Gasteiger partial charge in [0.25, 0.3) is 5.91 Å². The molecular weight excluding hydrogens is 334 g/mol. The largest absolute Gasteiger partial charge is 0.321 e. The molecular formula is C19H25N3O2S+2. The summed E-state index contributed by atoms with van der Waals surface area (Å²) in [7, 11) is 0. The van der Waals surface area contributed by atoms with Gasteiger partial charge in [0.15, 0.2) is 12.3 Å². The molecule has 0 saturated carbocycles. The number of hydrogen-bond acceptors (Lipinski definition) is 3. The molecule has 3 rings (SSSR count). The van der Waals surface area contributed by atoms with Gasteiger partial charge >= 0.3 is 0 Å². The van der Waals surface area contributed by atoms with Gasteiger partial charge < -0.3 is 15.1 Å². The minimum atomic E-state index is 0.00608. The first-order valence-corrected chi connectivity index (χ1v) is 9.58. The smallest absolute Gasteiger partial charge is 0.279 e. The summed E-state index contributed by atoms with van der Waals surface area (Å²) in [6.45, 7) is 7.33. The Morgan fingerprint density at radius 2 is 1.84 bits per heavy atom. The maximum absolute atomic E-state index is 12.3. The highest BCUT2D eigenvalue weighted by molar-refractivity contribution is 7.09. The number of benzene rings is 1. The van der Waals surface area contributed by atoms with Crippen molar-refractivity contribution in [3.8, 4) is 0 Å². The fraction of sp³-hybridized carbons (Fsp3) is 0.368. The fourth-order valence-electron chi connectivity index (χ4n) is 3.22. The quantitative estimate of drug-likeness (QED) is 0.630. The molecule has 0 atom stereocenters. The highest BCUT2D eigenvalue weighted by Crippen LogP contribution is 2.10. The highest BCUT2D eigenvalue weighted by atomic mass is 32.1. The molecule has 6 heteroatoms. The van der Waals surface area contributed by atoms with Crippen LogP contribution in [-0.2, 0) is 11.3 Å². The number of ketones is 1. The molecule has 0 spiro atoms. The molecule has 1 saturated heterocycles. The highest BCUT2D eigenvalue weighted by Gasteiger charge is 2.25. The number of nitrogens with one attached hydrogen (secondary N) is 3. The van der Waals surface area contributed by atoms with Crippen LogP contribution in [-0.4, -0.2) is 44.4 Å². The van der Waals surface area contributed by atoms with E-state index in [4.69, 9.17) is 0 Å². The molecule has 1 fully saturated rings. The normalized spacial score (nSPS) is 20.2. The third-order valence-electron chi connectivity index (χ3n) is 4.63. The standard InChI is InChI=1S/C19H23N3O2S/c1-15(23)16-4-2-5-17(12-16)20-19(24)14-22-9-7-21(8-10-22)13-18-6-3-11-25-18/h2-6,11-12H,7-10,13-14H2,1H3,(H,20,24)/p+2. The zero-order valence-corrected chi connectivity index (χ0v) is 15.3. The van der Waals surface area contributed by atoms with Gasteiger partial charge in [0, 0.05) is 11.3 Å². The Kier molecular flexibility index (Phi) is 5.96. The number of anilines is 1. The number of rotatable bonds is 6. The van der Waals surface area contributed by atoms with Crippen LogP contribution >= 0.6 is 11.3 Å². The van der Waals surface area contributed by atoms with E-state index < -0.39 is 0 Å². The van der Waals surface area contributed by atoms with Crippen LogP contribution in [0.3, 0.4) is 0 Å². The average Bonchev–Trinajstić information content (AvgIpc) is 3.10. The summed E-state index contributed by atoms with van der Waals surface area (Å²) in [5.41, 5.74) is 1.31. The van der Waals surface area contributed by atoms with E-state index in [0.717, 1.165) is 32.7 Å². The molecule has 2 aromatic rings. The fourth-order valence-corrected chi connectivity index (χ4v) is 3.99. The van der Waals surface area contributed by atoms with E-state index >= 15 is 0 Å². The molecule has 5 nitrogen and oxygen atoms in total. The van der Waals surface area contributed by atoms with Crippen LogP contribution < -0.4 is 15.1 Å². The Morgan fingerprint density at radius 3 is 2.52 bits per heavy atom. The molecule has 0 radical (unpaired) electrons. The molecule has 2 heterocycles. The lowest BCUT2D eigenvalue weighted by Crippen LogP contribution is -3.28. The minimum absolute atomic E-state index is 0.00608. The van der Waals surface area contributed by atoms with Crippen LogP contribution in [0.2, 0.25) is 0 Å². The molecule has 1 aromatic heterocycles. The topological polar surface area (TPSA) is 55.0 Å². The molecule has 1 aromatic carbocycles. The molecule has 1 amide bonds. The summed E-state index contributed by atoms with van der Waals surface area (Å²) in [6.07, 6.45) is 0. The van der Waals surface area contributed by atoms with E-state index in [1.165, 1.54) is 16.7 Å². The van der Waals surface area contributed by atoms with Crippen LogP contribution in [0.25, 0.3) is 0 Å². The predicted molar refractivity (Wildman–Crippen MR) is 99.4 cm³/mol. The zero-order chi connectivity index (χ0) is 17.6. The Bertz CT molecular complexity index is 722. The predicted octanol–water partition coefficient (Wildman–Crippen LogP) is -0.127. The van der Waals surface area contributed by atoms with Crippen molar-refractivity contribution in [3.63, 3.8) is 0 Å². The summed E-state index contributed by atoms with van der Waals surface area (Å²) >= 11 is 1.82. The summed E-state index contributed by atoms with van der Waals surface area (Å²) in [5.74, 6) is 0.0176. The molecule has 25 heavy (non-hydrogen) atoms. The van der Waals surface area contributed by atoms with Crippen LogP contribution in [0.15, 0.2) is 41.8 Å². The number of piperazine rings is 1. The first kappa shape index (κ1) is 17.8. The third kappa shape index (κ3) is 5.22. The summed E-state index contributed by atoms with van der Waals surface area (Å²) in [4.78, 5) is 28.1. The molecule has 1 aliphatic heterocycles. The zero-order valence-electron chi connectivity index (χ0n) is 14.5. The second-order valence-corrected chi connectivity index (χ2v) is 7.65. The van der Waals surface area contributed by atoms with E-state index in [-0.39, 0.29) is 11.7 Å². The lowest BCUT2D eigenvalue weighted by Gasteiger charge is -2.29. The Balaban J connectivity index is 1.44. The molecule has 0 aliphatic carbocycles. The van der Waals surface area contributed by atoms with E-state index in [0.29, 0.717) is 17.8 Å². The van der Waals surface area contributed by atoms with Crippen LogP contribution in [0.4, 0.5) is 5.69 Å². The first-order valence-electron chi connectivity index (χ1n) is 8.70. The monoisotopic (exact) mass is 359 g/mol. The number of carbonyl (C=O) groups excluding carboxylic acids is 2. The maximum atomic E-state index is 12.3. The molecule has 132 valence electrons. The van der Waals surface area contributed by atoms with Crippen LogP contribution in [0, 0.1) is 0 Å². The molecule has 0 unspecified atom stereocenters. The van der Waals surface area contributed by atoms with Gasteiger partial charge in [0.1, 0.15) is 32.7 Å². The van der Waals surface area contributed by atoms with Gasteiger partial charge in [-0.15, -0.1) is 11.3 Å². The van der Waals surface area contributed by atoms with Crippen molar-refractivity contribution in [2.24, 2.45) is 0 Å². The number of thiophene rings is 1. The number of Topliss-reactive ketones (excluding diaryl/α,β-unsaturated/α-hetero) is 1. The number of amides is 1. The Morgan fingerprint density at radius 1 is 1.08 bits per heavy atom. The number of hydrogen-bond donors (Lipinski definition) is 3. The minimum Gasteiger partial charge on any atom is -0.321 e. The van der Waals surface area contributed by atoms with Gasteiger partial charge in [-0.2, -0.15) is 0 Å². The SMILES string of the molecule is CC(=O)c1cccc(NC(=O)C[NH+]2CC[NH+](Cc3cccs3)CC2)c1. The van der Waals surface area contributed by atoms with Gasteiger partial charge in [-0.05, 0) is 30.5 Å². The van der Waals surface area contributed by atoms with Gasteiger partial charge in [-0.25, -0.2) is 0 Å². The second-order valence-electron chi connectivity index (χ2n) is 6.62. The van der Waals surface area contributed by atoms with Gasteiger partial charge in [-0.1, -0.05) is 18.2 Å². The lowest BCUT2D eigenvalue weighted by atomic mass is 10.1. The number of quaternary nitrogens is 2. The van der Waals surface area contributed by atoms with Crippen molar-refractivity contribution in [3.05, 3.63) is 52.2 Å². The van der Waals surface area contributed by atoms with E-state index in [9.17, 15) is 9.59 Å². The van der Waals surface area contributed by atoms with Gasteiger partial charge in [-0.3, -0.25) is 9.59 Å². The van der Waals surface area contributed by atoms with E-state index in [2.05, 4.69) is 22.8 Å². The second kappa shape index (κ2) is 8.38. The molecule has 0 bridgehead atoms. The van der Waals surface area contributed by atoms with Crippen molar-refractivity contribution in [1.82, 2.24) is 0 Å². The first-order chi connectivity index (χ1) is 12.1. The third-order valence-corrected chi connectivity index (χ3v) is 5.51. The maximum Gasteiger partial charge on any atom is 0.279 e. The Labute approximate surface area is 152 Å². The summed E-state index contributed by atoms with van der Waals surface area (Å²) < 4.78 is 0. The van der Waals surface area contributed by atoms with Crippen molar-refractivity contribution < 1.29 is 19.4 Å². The average molecular weight is 359 g/mol. The summed E-state index contributed by atoms with van der Waals surface area (Å²) in [5, 5.41) is 5.04. The van der Waals surface area contributed by atoms with Gasteiger partial charge in [0.05, 0.1) is 4.88 Å². The molecule has 3 N–H and O–H groups in total.